The van der Waals surface area contributed by atoms with E-state index in [0.29, 0.717) is 35.4 Å². The third-order valence-corrected chi connectivity index (χ3v) is 4.77. The van der Waals surface area contributed by atoms with Crippen LogP contribution in [0.2, 0.25) is 0 Å². The highest BCUT2D eigenvalue weighted by Gasteiger charge is 2.31. The molecular weight excluding hydrogens is 320 g/mol. The summed E-state index contributed by atoms with van der Waals surface area (Å²) in [7, 11) is 1.72. The molecule has 0 aliphatic carbocycles. The first-order valence-electron chi connectivity index (χ1n) is 8.39. The molecule has 8 heteroatoms. The second-order valence-electron chi connectivity index (χ2n) is 6.53. The van der Waals surface area contributed by atoms with Gasteiger partial charge in [-0.1, -0.05) is 0 Å². The zero-order valence-corrected chi connectivity index (χ0v) is 14.3. The molecule has 0 bridgehead atoms. The van der Waals surface area contributed by atoms with Gasteiger partial charge in [0.15, 0.2) is 5.65 Å². The molecule has 1 atom stereocenters. The number of likely N-dealkylation sites (tertiary alicyclic amines) is 1. The van der Waals surface area contributed by atoms with Crippen molar-refractivity contribution in [2.75, 3.05) is 6.54 Å². The Morgan fingerprint density at radius 3 is 3.04 bits per heavy atom. The summed E-state index contributed by atoms with van der Waals surface area (Å²) in [6.45, 7) is 3.19. The van der Waals surface area contributed by atoms with Gasteiger partial charge in [-0.2, -0.15) is 5.10 Å². The molecule has 4 rings (SSSR count). The maximum Gasteiger partial charge on any atom is 0.274 e. The zero-order chi connectivity index (χ0) is 17.6. The van der Waals surface area contributed by atoms with Crippen molar-refractivity contribution in [2.45, 2.75) is 32.4 Å². The van der Waals surface area contributed by atoms with Gasteiger partial charge in [-0.25, -0.2) is 4.98 Å². The quantitative estimate of drug-likeness (QED) is 0.772. The van der Waals surface area contributed by atoms with Crippen LogP contribution >= 0.6 is 0 Å². The van der Waals surface area contributed by atoms with E-state index in [2.05, 4.69) is 15.2 Å². The van der Waals surface area contributed by atoms with E-state index < -0.39 is 0 Å². The summed E-state index contributed by atoms with van der Waals surface area (Å²) >= 11 is 0. The Kier molecular flexibility index (Phi) is 3.67. The van der Waals surface area contributed by atoms with Crippen LogP contribution in [-0.2, 0) is 13.6 Å². The minimum atomic E-state index is -0.281. The summed E-state index contributed by atoms with van der Waals surface area (Å²) in [4.78, 5) is 31.8. The fourth-order valence-electron chi connectivity index (χ4n) is 3.63. The third kappa shape index (κ3) is 2.63. The smallest absolute Gasteiger partial charge is 0.274 e. The van der Waals surface area contributed by atoms with Crippen LogP contribution in [0, 0.1) is 6.92 Å². The molecule has 25 heavy (non-hydrogen) atoms. The lowest BCUT2D eigenvalue weighted by atomic mass is 10.1. The molecule has 1 N–H and O–H groups in total. The third-order valence-electron chi connectivity index (χ3n) is 4.77. The lowest BCUT2D eigenvalue weighted by Gasteiger charge is -2.25. The molecule has 0 unspecified atom stereocenters. The van der Waals surface area contributed by atoms with Gasteiger partial charge in [0, 0.05) is 31.7 Å². The Hall–Kier alpha value is -2.90. The highest BCUT2D eigenvalue weighted by molar-refractivity contribution is 6.05. The lowest BCUT2D eigenvalue weighted by Crippen LogP contribution is -2.38. The van der Waals surface area contributed by atoms with E-state index in [-0.39, 0.29) is 17.5 Å². The molecule has 4 heterocycles. The van der Waals surface area contributed by atoms with Gasteiger partial charge in [-0.05, 0) is 31.9 Å². The lowest BCUT2D eigenvalue weighted by molar-refractivity contribution is 0.0723. The van der Waals surface area contributed by atoms with E-state index in [1.165, 1.54) is 0 Å². The Morgan fingerprint density at radius 2 is 2.28 bits per heavy atom. The van der Waals surface area contributed by atoms with Crippen LogP contribution in [0.4, 0.5) is 0 Å². The van der Waals surface area contributed by atoms with Gasteiger partial charge in [-0.15, -0.1) is 0 Å². The maximum atomic E-state index is 13.2. The Bertz CT molecular complexity index is 985. The molecule has 1 amide bonds. The van der Waals surface area contributed by atoms with Crippen molar-refractivity contribution in [1.29, 1.82) is 0 Å². The molecule has 3 aromatic heterocycles. The number of rotatable bonds is 3. The average molecular weight is 340 g/mol. The number of aryl methyl sites for hydroxylation is 2. The van der Waals surface area contributed by atoms with Gasteiger partial charge in [0.05, 0.1) is 23.5 Å². The molecule has 1 saturated heterocycles. The van der Waals surface area contributed by atoms with E-state index in [4.69, 9.17) is 0 Å². The largest absolute Gasteiger partial charge is 0.334 e. The monoisotopic (exact) mass is 340 g/mol. The minimum absolute atomic E-state index is 0.0821. The van der Waals surface area contributed by atoms with Crippen LogP contribution in [0.15, 0.2) is 29.3 Å². The first kappa shape index (κ1) is 15.6. The predicted molar refractivity (Wildman–Crippen MR) is 92.4 cm³/mol. The van der Waals surface area contributed by atoms with Gasteiger partial charge in [0.25, 0.3) is 11.5 Å². The fourth-order valence-corrected chi connectivity index (χ4v) is 3.63. The number of pyridine rings is 1. The number of nitrogens with zero attached hydrogens (tertiary/aromatic N) is 5. The van der Waals surface area contributed by atoms with Crippen LogP contribution in [0.5, 0.6) is 0 Å². The van der Waals surface area contributed by atoms with E-state index in [1.54, 1.807) is 24.0 Å². The highest BCUT2D eigenvalue weighted by atomic mass is 16.2. The van der Waals surface area contributed by atoms with E-state index in [9.17, 15) is 9.59 Å². The molecule has 1 fully saturated rings. The summed E-state index contributed by atoms with van der Waals surface area (Å²) in [5, 5.41) is 7.29. The highest BCUT2D eigenvalue weighted by Crippen LogP contribution is 2.24. The molecule has 0 saturated carbocycles. The van der Waals surface area contributed by atoms with Crippen molar-refractivity contribution in [3.8, 4) is 0 Å². The minimum Gasteiger partial charge on any atom is -0.334 e. The van der Waals surface area contributed by atoms with Crippen molar-refractivity contribution in [3.05, 3.63) is 46.1 Å². The predicted octanol–water partition coefficient (Wildman–Crippen LogP) is 1.07. The molecular formula is C17H20N6O2. The summed E-state index contributed by atoms with van der Waals surface area (Å²) in [6.07, 6.45) is 5.53. The standard InChI is InChI=1S/C17H20N6O2/c1-11-9-13(14-15(19-11)21(2)20-16(14)24)17(25)23-8-3-5-12(23)10-22-7-4-6-18-22/h4,6-7,9,12H,3,5,8,10H2,1-2H3,(H,20,24)/t12-/m1/s1. The topological polar surface area (TPSA) is 88.8 Å². The molecule has 3 aromatic rings. The Labute approximate surface area is 144 Å². The normalized spacial score (nSPS) is 17.5. The summed E-state index contributed by atoms with van der Waals surface area (Å²) < 4.78 is 3.41. The van der Waals surface area contributed by atoms with Gasteiger partial charge in [0.2, 0.25) is 0 Å². The van der Waals surface area contributed by atoms with Crippen molar-refractivity contribution < 1.29 is 4.79 Å². The number of carbonyl (C=O) groups excluding carboxylic acids is 1. The van der Waals surface area contributed by atoms with Gasteiger partial charge >= 0.3 is 0 Å². The number of aromatic amines is 1. The Balaban J connectivity index is 1.73. The van der Waals surface area contributed by atoms with Gasteiger partial charge in [0.1, 0.15) is 0 Å². The van der Waals surface area contributed by atoms with Crippen molar-refractivity contribution in [1.82, 2.24) is 29.4 Å². The molecule has 1 aliphatic heterocycles. The number of nitrogens with one attached hydrogen (secondary N) is 1. The summed E-state index contributed by atoms with van der Waals surface area (Å²) in [6, 6.07) is 3.67. The number of H-pyrrole nitrogens is 1. The first-order chi connectivity index (χ1) is 12.0. The second-order valence-corrected chi connectivity index (χ2v) is 6.53. The molecule has 1 aliphatic rings. The van der Waals surface area contributed by atoms with E-state index in [0.717, 1.165) is 12.8 Å². The number of hydrogen-bond donors (Lipinski definition) is 1. The number of amides is 1. The molecule has 0 radical (unpaired) electrons. The second kappa shape index (κ2) is 5.87. The van der Waals surface area contributed by atoms with Crippen molar-refractivity contribution in [2.24, 2.45) is 7.05 Å². The summed E-state index contributed by atoms with van der Waals surface area (Å²) in [5.41, 5.74) is 1.37. The Morgan fingerprint density at radius 1 is 1.44 bits per heavy atom. The molecule has 0 spiro atoms. The molecule has 8 nitrogen and oxygen atoms in total. The number of aromatic nitrogens is 5. The van der Waals surface area contributed by atoms with Gasteiger partial charge in [-0.3, -0.25) is 24.1 Å². The summed E-state index contributed by atoms with van der Waals surface area (Å²) in [5.74, 6) is -0.109. The van der Waals surface area contributed by atoms with Crippen LogP contribution in [-0.4, -0.2) is 47.9 Å². The van der Waals surface area contributed by atoms with Crippen LogP contribution in [0.25, 0.3) is 11.0 Å². The van der Waals surface area contributed by atoms with Crippen molar-refractivity contribution in [3.63, 3.8) is 0 Å². The number of hydrogen-bond acceptors (Lipinski definition) is 4. The van der Waals surface area contributed by atoms with E-state index in [1.807, 2.05) is 28.8 Å². The maximum absolute atomic E-state index is 13.2. The molecule has 0 aromatic carbocycles. The molecule has 130 valence electrons. The number of fused-ring (bicyclic) bond motifs is 1. The van der Waals surface area contributed by atoms with Gasteiger partial charge < -0.3 is 4.90 Å². The zero-order valence-electron chi connectivity index (χ0n) is 14.3. The SMILES string of the molecule is Cc1cc(C(=O)N2CCC[C@@H]2Cn2cccn2)c2c(=O)[nH]n(C)c2n1. The van der Waals surface area contributed by atoms with Crippen LogP contribution in [0.3, 0.4) is 0 Å². The van der Waals surface area contributed by atoms with Crippen LogP contribution in [0.1, 0.15) is 28.9 Å². The number of carbonyl (C=O) groups is 1. The van der Waals surface area contributed by atoms with E-state index >= 15 is 0 Å². The van der Waals surface area contributed by atoms with Crippen molar-refractivity contribution >= 4 is 16.9 Å². The first-order valence-corrected chi connectivity index (χ1v) is 8.39. The van der Waals surface area contributed by atoms with Crippen LogP contribution < -0.4 is 5.56 Å². The average Bonchev–Trinajstić information content (AvgIpc) is 3.30. The fraction of sp³-hybridized carbons (Fsp3) is 0.412.